The zero-order valence-electron chi connectivity index (χ0n) is 12.9. The van der Waals surface area contributed by atoms with Gasteiger partial charge in [0, 0.05) is 29.1 Å². The number of fused-ring (bicyclic) bond motifs is 1. The summed E-state index contributed by atoms with van der Waals surface area (Å²) in [7, 11) is 0. The second-order valence-electron chi connectivity index (χ2n) is 5.52. The van der Waals surface area contributed by atoms with E-state index in [1.807, 2.05) is 19.9 Å². The maximum atomic E-state index is 13.6. The molecule has 120 valence electrons. The number of nitrogens with one attached hydrogen (secondary N) is 1. The van der Waals surface area contributed by atoms with Crippen LogP contribution in [0, 0.1) is 12.7 Å². The predicted octanol–water partition coefficient (Wildman–Crippen LogP) is 4.73. The summed E-state index contributed by atoms with van der Waals surface area (Å²) < 4.78 is 13.6. The molecule has 0 aliphatic carbocycles. The summed E-state index contributed by atoms with van der Waals surface area (Å²) in [6.45, 7) is 8.83. The molecule has 1 aliphatic rings. The lowest BCUT2D eigenvalue weighted by Gasteiger charge is -2.21. The van der Waals surface area contributed by atoms with Crippen molar-refractivity contribution in [2.24, 2.45) is 0 Å². The van der Waals surface area contributed by atoms with Gasteiger partial charge in [0.15, 0.2) is 0 Å². The van der Waals surface area contributed by atoms with Gasteiger partial charge in [-0.15, -0.1) is 0 Å². The number of benzene rings is 1. The Morgan fingerprint density at radius 3 is 2.87 bits per heavy atom. The molecular formula is C20H23FN2. The Morgan fingerprint density at radius 2 is 2.13 bits per heavy atom. The second-order valence-corrected chi connectivity index (χ2v) is 5.52. The summed E-state index contributed by atoms with van der Waals surface area (Å²) in [5, 5.41) is 3.28. The average molecular weight is 310 g/mol. The van der Waals surface area contributed by atoms with Crippen molar-refractivity contribution >= 4 is 11.3 Å². The minimum absolute atomic E-state index is 0. The largest absolute Gasteiger partial charge is 0.385 e. The molecule has 2 aromatic rings. The van der Waals surface area contributed by atoms with E-state index in [4.69, 9.17) is 0 Å². The fourth-order valence-corrected chi connectivity index (χ4v) is 2.96. The summed E-state index contributed by atoms with van der Waals surface area (Å²) in [5.41, 5.74) is 7.19. The van der Waals surface area contributed by atoms with Crippen LogP contribution in [0.5, 0.6) is 0 Å². The average Bonchev–Trinajstić information content (AvgIpc) is 2.52. The smallest absolute Gasteiger partial charge is 0.142 e. The Morgan fingerprint density at radius 1 is 1.35 bits per heavy atom. The molecule has 2 nitrogen and oxygen atoms in total. The highest BCUT2D eigenvalue weighted by Crippen LogP contribution is 2.30. The predicted molar refractivity (Wildman–Crippen MR) is 95.6 cm³/mol. The Bertz CT molecular complexity index is 775. The van der Waals surface area contributed by atoms with E-state index in [9.17, 15) is 4.39 Å². The van der Waals surface area contributed by atoms with Crippen LogP contribution in [-0.2, 0) is 6.42 Å². The SMILES string of the molecule is C.C=C1NCCc2cc(/C(=C/C)c3cc(F)cnc3C)ccc21. The molecule has 0 radical (unpaired) electrons. The molecule has 0 amide bonds. The zero-order chi connectivity index (χ0) is 15.7. The third-order valence-corrected chi connectivity index (χ3v) is 4.11. The molecule has 1 aromatic carbocycles. The van der Waals surface area contributed by atoms with Gasteiger partial charge in [-0.05, 0) is 43.0 Å². The Kier molecular flexibility index (Phi) is 4.99. The Labute approximate surface area is 137 Å². The molecule has 1 aromatic heterocycles. The molecule has 3 rings (SSSR count). The van der Waals surface area contributed by atoms with Gasteiger partial charge >= 0.3 is 0 Å². The molecule has 3 heteroatoms. The lowest BCUT2D eigenvalue weighted by molar-refractivity contribution is 0.619. The maximum absolute atomic E-state index is 13.6. The highest BCUT2D eigenvalue weighted by atomic mass is 19.1. The van der Waals surface area contributed by atoms with Gasteiger partial charge in [-0.2, -0.15) is 0 Å². The van der Waals surface area contributed by atoms with Crippen molar-refractivity contribution in [3.8, 4) is 0 Å². The first-order chi connectivity index (χ1) is 10.6. The fraction of sp³-hybridized carbons (Fsp3) is 0.250. The Hall–Kier alpha value is -2.42. The standard InChI is InChI=1S/C19H19FN2.CH4/c1-4-17(19-10-16(20)11-22-13(19)3)14-5-6-18-12(2)21-8-7-15(18)9-14;/h4-6,9-11,21H,2,7-8H2,1,3H3;1H4/b17-4-;. The molecule has 2 heterocycles. The normalized spacial score (nSPS) is 13.9. The first-order valence-electron chi connectivity index (χ1n) is 7.45. The number of rotatable bonds is 2. The highest BCUT2D eigenvalue weighted by Gasteiger charge is 2.15. The third kappa shape index (κ3) is 3.19. The minimum atomic E-state index is -0.310. The van der Waals surface area contributed by atoms with Crippen LogP contribution in [0.4, 0.5) is 4.39 Å². The van der Waals surface area contributed by atoms with E-state index < -0.39 is 0 Å². The van der Waals surface area contributed by atoms with Gasteiger partial charge in [-0.1, -0.05) is 38.3 Å². The summed E-state index contributed by atoms with van der Waals surface area (Å²) >= 11 is 0. The summed E-state index contributed by atoms with van der Waals surface area (Å²) in [6, 6.07) is 7.89. The summed E-state index contributed by atoms with van der Waals surface area (Å²) in [6.07, 6.45) is 4.25. The van der Waals surface area contributed by atoms with Gasteiger partial charge in [-0.25, -0.2) is 4.39 Å². The number of aromatic nitrogens is 1. The second kappa shape index (κ2) is 6.78. The molecule has 0 saturated heterocycles. The Balaban J connectivity index is 0.00000192. The van der Waals surface area contributed by atoms with Crippen molar-refractivity contribution in [1.82, 2.24) is 10.3 Å². The van der Waals surface area contributed by atoms with Crippen LogP contribution >= 0.6 is 0 Å². The molecule has 0 saturated carbocycles. The van der Waals surface area contributed by atoms with Gasteiger partial charge in [0.25, 0.3) is 0 Å². The topological polar surface area (TPSA) is 24.9 Å². The third-order valence-electron chi connectivity index (χ3n) is 4.11. The molecule has 0 unspecified atom stereocenters. The summed E-state index contributed by atoms with van der Waals surface area (Å²) in [4.78, 5) is 4.13. The van der Waals surface area contributed by atoms with Gasteiger partial charge < -0.3 is 5.32 Å². The van der Waals surface area contributed by atoms with Crippen LogP contribution in [0.3, 0.4) is 0 Å². The van der Waals surface area contributed by atoms with Gasteiger partial charge in [0.1, 0.15) is 5.82 Å². The fourth-order valence-electron chi connectivity index (χ4n) is 2.96. The van der Waals surface area contributed by atoms with E-state index >= 15 is 0 Å². The molecule has 23 heavy (non-hydrogen) atoms. The van der Waals surface area contributed by atoms with E-state index in [0.717, 1.165) is 41.1 Å². The number of nitrogens with zero attached hydrogens (tertiary/aromatic N) is 1. The van der Waals surface area contributed by atoms with Crippen molar-refractivity contribution in [1.29, 1.82) is 0 Å². The monoisotopic (exact) mass is 310 g/mol. The van der Waals surface area contributed by atoms with E-state index in [2.05, 4.69) is 35.1 Å². The lowest BCUT2D eigenvalue weighted by atomic mass is 9.90. The quantitative estimate of drug-likeness (QED) is 0.867. The number of allylic oxidation sites excluding steroid dienone is 1. The van der Waals surface area contributed by atoms with Crippen molar-refractivity contribution < 1.29 is 4.39 Å². The number of pyridine rings is 1. The van der Waals surface area contributed by atoms with Gasteiger partial charge in [-0.3, -0.25) is 4.98 Å². The molecule has 1 aliphatic heterocycles. The first kappa shape index (κ1) is 16.9. The van der Waals surface area contributed by atoms with Crippen LogP contribution in [-0.4, -0.2) is 11.5 Å². The number of hydrogen-bond donors (Lipinski definition) is 1. The lowest BCUT2D eigenvalue weighted by Crippen LogP contribution is -2.22. The van der Waals surface area contributed by atoms with E-state index in [0.29, 0.717) is 0 Å². The molecule has 0 spiro atoms. The molecule has 0 fully saturated rings. The van der Waals surface area contributed by atoms with Crippen LogP contribution in [0.1, 0.15) is 42.3 Å². The van der Waals surface area contributed by atoms with Crippen LogP contribution < -0.4 is 5.32 Å². The van der Waals surface area contributed by atoms with E-state index in [1.165, 1.54) is 17.3 Å². The maximum Gasteiger partial charge on any atom is 0.142 e. The highest BCUT2D eigenvalue weighted by molar-refractivity contribution is 5.82. The van der Waals surface area contributed by atoms with Crippen LogP contribution in [0.15, 0.2) is 43.1 Å². The zero-order valence-corrected chi connectivity index (χ0v) is 12.9. The van der Waals surface area contributed by atoms with Crippen LogP contribution in [0.25, 0.3) is 11.3 Å². The first-order valence-corrected chi connectivity index (χ1v) is 7.45. The number of halogens is 1. The number of aryl methyl sites for hydroxylation is 1. The van der Waals surface area contributed by atoms with E-state index in [-0.39, 0.29) is 13.2 Å². The van der Waals surface area contributed by atoms with Crippen LogP contribution in [0.2, 0.25) is 0 Å². The van der Waals surface area contributed by atoms with Gasteiger partial charge in [0.2, 0.25) is 0 Å². The van der Waals surface area contributed by atoms with Crippen molar-refractivity contribution in [2.45, 2.75) is 27.7 Å². The van der Waals surface area contributed by atoms with E-state index in [1.54, 1.807) is 6.07 Å². The summed E-state index contributed by atoms with van der Waals surface area (Å²) in [5.74, 6) is -0.310. The molecule has 1 N–H and O–H groups in total. The minimum Gasteiger partial charge on any atom is -0.385 e. The molecule has 0 bridgehead atoms. The molecular weight excluding hydrogens is 287 g/mol. The number of hydrogen-bond acceptors (Lipinski definition) is 2. The van der Waals surface area contributed by atoms with Crippen molar-refractivity contribution in [3.63, 3.8) is 0 Å². The molecule has 0 atom stereocenters. The van der Waals surface area contributed by atoms with Crippen molar-refractivity contribution in [2.75, 3.05) is 6.54 Å². The van der Waals surface area contributed by atoms with Crippen molar-refractivity contribution in [3.05, 3.63) is 76.9 Å². The van der Waals surface area contributed by atoms with Gasteiger partial charge in [0.05, 0.1) is 6.20 Å².